The Kier molecular flexibility index (Phi) is 3.05. The highest BCUT2D eigenvalue weighted by molar-refractivity contribution is 5.27. The van der Waals surface area contributed by atoms with Crippen LogP contribution in [-0.2, 0) is 6.42 Å². The smallest absolute Gasteiger partial charge is 0.319 e. The Morgan fingerprint density at radius 3 is 2.62 bits per heavy atom. The number of hydrogen-bond donors (Lipinski definition) is 1. The molecule has 0 spiro atoms. The van der Waals surface area contributed by atoms with Gasteiger partial charge in [-0.3, -0.25) is 0 Å². The highest BCUT2D eigenvalue weighted by Gasteiger charge is 2.08. The Morgan fingerprint density at radius 1 is 1.25 bits per heavy atom. The number of nitrogens with two attached hydrogens (primary N) is 1. The summed E-state index contributed by atoms with van der Waals surface area (Å²) in [5, 5.41) is 7.42. The number of anilines is 2. The average molecular weight is 218 g/mol. The third-order valence-electron chi connectivity index (χ3n) is 2.34. The number of aromatic nitrogens is 2. The van der Waals surface area contributed by atoms with Gasteiger partial charge in [0.1, 0.15) is 0 Å². The van der Waals surface area contributed by atoms with E-state index in [9.17, 15) is 0 Å². The first-order chi connectivity index (χ1) is 7.75. The van der Waals surface area contributed by atoms with Crippen molar-refractivity contribution in [1.29, 1.82) is 0 Å². The van der Waals surface area contributed by atoms with Crippen LogP contribution in [0.3, 0.4) is 0 Å². The normalized spacial score (nSPS) is 10.3. The maximum Gasteiger partial charge on any atom is 0.319 e. The summed E-state index contributed by atoms with van der Waals surface area (Å²) in [6.45, 7) is 0.811. The molecule has 5 heteroatoms. The van der Waals surface area contributed by atoms with Crippen LogP contribution in [0, 0.1) is 0 Å². The van der Waals surface area contributed by atoms with Crippen molar-refractivity contribution in [2.75, 3.05) is 24.2 Å². The largest absolute Gasteiger partial charge is 0.390 e. The topological polar surface area (TPSA) is 68.2 Å². The van der Waals surface area contributed by atoms with Crippen LogP contribution >= 0.6 is 0 Å². The number of nitrogen functional groups attached to an aromatic ring is 1. The van der Waals surface area contributed by atoms with Gasteiger partial charge >= 0.3 is 12.0 Å². The quantitative estimate of drug-likeness (QED) is 0.838. The minimum atomic E-state index is 0.0987. The fourth-order valence-corrected chi connectivity index (χ4v) is 1.42. The number of hydrogen-bond acceptors (Lipinski definition) is 5. The van der Waals surface area contributed by atoms with Crippen LogP contribution in [0.1, 0.15) is 5.56 Å². The second kappa shape index (κ2) is 4.65. The van der Waals surface area contributed by atoms with Crippen molar-refractivity contribution in [2.24, 2.45) is 0 Å². The number of nitrogens with zero attached hydrogens (tertiary/aromatic N) is 3. The molecule has 0 amide bonds. The second-order valence-electron chi connectivity index (χ2n) is 3.58. The molecule has 1 aromatic carbocycles. The zero-order chi connectivity index (χ0) is 11.4. The zero-order valence-electron chi connectivity index (χ0n) is 9.13. The molecule has 2 N–H and O–H groups in total. The molecular weight excluding hydrogens is 204 g/mol. The van der Waals surface area contributed by atoms with E-state index in [-0.39, 0.29) is 6.01 Å². The summed E-state index contributed by atoms with van der Waals surface area (Å²) in [4.78, 5) is 1.89. The van der Waals surface area contributed by atoms with Crippen LogP contribution in [0.4, 0.5) is 12.0 Å². The first-order valence-corrected chi connectivity index (χ1v) is 5.10. The van der Waals surface area contributed by atoms with Crippen molar-refractivity contribution in [3.05, 3.63) is 35.9 Å². The van der Waals surface area contributed by atoms with Gasteiger partial charge in [0, 0.05) is 13.6 Å². The monoisotopic (exact) mass is 218 g/mol. The molecule has 0 bridgehead atoms. The molecule has 0 aliphatic carbocycles. The van der Waals surface area contributed by atoms with Gasteiger partial charge in [0.25, 0.3) is 0 Å². The Balaban J connectivity index is 1.91. The van der Waals surface area contributed by atoms with Crippen molar-refractivity contribution in [2.45, 2.75) is 6.42 Å². The molecule has 0 atom stereocenters. The van der Waals surface area contributed by atoms with Crippen molar-refractivity contribution in [1.82, 2.24) is 10.2 Å². The van der Waals surface area contributed by atoms with Gasteiger partial charge in [-0.05, 0) is 12.0 Å². The van der Waals surface area contributed by atoms with Gasteiger partial charge in [-0.1, -0.05) is 40.5 Å². The Hall–Kier alpha value is -2.04. The lowest BCUT2D eigenvalue weighted by molar-refractivity contribution is 0.560. The molecule has 1 heterocycles. The number of benzene rings is 1. The van der Waals surface area contributed by atoms with Gasteiger partial charge in [-0.25, -0.2) is 0 Å². The van der Waals surface area contributed by atoms with Crippen molar-refractivity contribution < 1.29 is 4.42 Å². The summed E-state index contributed by atoms with van der Waals surface area (Å²) in [5.41, 5.74) is 6.64. The van der Waals surface area contributed by atoms with Crippen molar-refractivity contribution in [3.63, 3.8) is 0 Å². The molecular formula is C11H14N4O. The molecule has 2 rings (SSSR count). The summed E-state index contributed by atoms with van der Waals surface area (Å²) in [6, 6.07) is 10.8. The summed E-state index contributed by atoms with van der Waals surface area (Å²) < 4.78 is 5.12. The Morgan fingerprint density at radius 2 is 2.00 bits per heavy atom. The van der Waals surface area contributed by atoms with E-state index in [0.29, 0.717) is 6.01 Å². The molecule has 0 saturated carbocycles. The fraction of sp³-hybridized carbons (Fsp3) is 0.273. The van der Waals surface area contributed by atoms with Gasteiger partial charge in [0.05, 0.1) is 0 Å². The van der Waals surface area contributed by atoms with Crippen LogP contribution in [0.15, 0.2) is 34.7 Å². The maximum absolute atomic E-state index is 5.36. The van der Waals surface area contributed by atoms with E-state index < -0.39 is 0 Å². The molecule has 16 heavy (non-hydrogen) atoms. The molecule has 0 unspecified atom stereocenters. The summed E-state index contributed by atoms with van der Waals surface area (Å²) in [7, 11) is 1.90. The molecule has 1 aromatic heterocycles. The standard InChI is InChI=1S/C11H14N4O/c1-15(11-14-13-10(12)16-11)8-7-9-5-3-2-4-6-9/h2-6H,7-8H2,1H3,(H2,12,13). The van der Waals surface area contributed by atoms with Gasteiger partial charge in [-0.2, -0.15) is 0 Å². The molecule has 0 radical (unpaired) electrons. The van der Waals surface area contributed by atoms with E-state index >= 15 is 0 Å². The lowest BCUT2D eigenvalue weighted by Crippen LogP contribution is -2.20. The van der Waals surface area contributed by atoms with Crippen LogP contribution < -0.4 is 10.6 Å². The van der Waals surface area contributed by atoms with Gasteiger partial charge < -0.3 is 15.1 Å². The van der Waals surface area contributed by atoms with Crippen molar-refractivity contribution >= 4 is 12.0 Å². The predicted molar refractivity (Wildman–Crippen MR) is 62.1 cm³/mol. The summed E-state index contributed by atoms with van der Waals surface area (Å²) >= 11 is 0. The van der Waals surface area contributed by atoms with Crippen LogP contribution in [-0.4, -0.2) is 23.8 Å². The minimum absolute atomic E-state index is 0.0987. The van der Waals surface area contributed by atoms with E-state index in [1.54, 1.807) is 0 Å². The first-order valence-electron chi connectivity index (χ1n) is 5.10. The maximum atomic E-state index is 5.36. The Bertz CT molecular complexity index is 440. The molecule has 0 saturated heterocycles. The van der Waals surface area contributed by atoms with Gasteiger partial charge in [0.2, 0.25) is 0 Å². The summed E-state index contributed by atoms with van der Waals surface area (Å²) in [5.74, 6) is 0. The molecule has 0 aliphatic rings. The van der Waals surface area contributed by atoms with Crippen molar-refractivity contribution in [3.8, 4) is 0 Å². The Labute approximate surface area is 93.9 Å². The molecule has 5 nitrogen and oxygen atoms in total. The molecule has 84 valence electrons. The third-order valence-corrected chi connectivity index (χ3v) is 2.34. The fourth-order valence-electron chi connectivity index (χ4n) is 1.42. The van der Waals surface area contributed by atoms with Crippen LogP contribution in [0.2, 0.25) is 0 Å². The van der Waals surface area contributed by atoms with E-state index in [4.69, 9.17) is 10.2 Å². The summed E-state index contributed by atoms with van der Waals surface area (Å²) in [6.07, 6.45) is 0.930. The minimum Gasteiger partial charge on any atom is -0.390 e. The third kappa shape index (κ3) is 2.50. The SMILES string of the molecule is CN(CCc1ccccc1)c1nnc(N)o1. The van der Waals surface area contributed by atoms with E-state index in [2.05, 4.69) is 22.3 Å². The highest BCUT2D eigenvalue weighted by atomic mass is 16.4. The van der Waals surface area contributed by atoms with E-state index in [1.807, 2.05) is 30.1 Å². The van der Waals surface area contributed by atoms with E-state index in [1.165, 1.54) is 5.56 Å². The molecule has 2 aromatic rings. The lowest BCUT2D eigenvalue weighted by atomic mass is 10.1. The second-order valence-corrected chi connectivity index (χ2v) is 3.58. The average Bonchev–Trinajstić information content (AvgIpc) is 2.74. The van der Waals surface area contributed by atoms with Crippen LogP contribution in [0.25, 0.3) is 0 Å². The van der Waals surface area contributed by atoms with E-state index in [0.717, 1.165) is 13.0 Å². The lowest BCUT2D eigenvalue weighted by Gasteiger charge is -2.13. The predicted octanol–water partition coefficient (Wildman–Crippen LogP) is 1.33. The first kappa shape index (κ1) is 10.5. The highest BCUT2D eigenvalue weighted by Crippen LogP contribution is 2.11. The molecule has 0 aliphatic heterocycles. The van der Waals surface area contributed by atoms with Gasteiger partial charge in [-0.15, -0.1) is 0 Å². The number of rotatable bonds is 4. The molecule has 0 fully saturated rings. The number of likely N-dealkylation sites (N-methyl/N-ethyl adjacent to an activating group) is 1. The van der Waals surface area contributed by atoms with Gasteiger partial charge in [0.15, 0.2) is 0 Å². The van der Waals surface area contributed by atoms with Crippen LogP contribution in [0.5, 0.6) is 0 Å². The zero-order valence-corrected chi connectivity index (χ0v) is 9.13.